The van der Waals surface area contributed by atoms with Crippen LogP contribution in [0.25, 0.3) is 0 Å². The molecule has 24 heavy (non-hydrogen) atoms. The van der Waals surface area contributed by atoms with Crippen molar-refractivity contribution in [3.8, 4) is 0 Å². The molecule has 3 rings (SSSR count). The molecule has 0 spiro atoms. The van der Waals surface area contributed by atoms with E-state index in [1.165, 1.54) is 36.4 Å². The highest BCUT2D eigenvalue weighted by Gasteiger charge is 2.37. The molecule has 1 heterocycles. The van der Waals surface area contributed by atoms with Crippen LogP contribution in [0.1, 0.15) is 31.5 Å². The third-order valence-electron chi connectivity index (χ3n) is 3.67. The molecule has 0 aromatic heterocycles. The number of rotatable bonds is 4. The van der Waals surface area contributed by atoms with Crippen LogP contribution in [0.15, 0.2) is 53.4 Å². The van der Waals surface area contributed by atoms with Gasteiger partial charge in [-0.05, 0) is 29.8 Å². The maximum Gasteiger partial charge on any atom is 0.326 e. The van der Waals surface area contributed by atoms with Crippen LogP contribution >= 0.6 is 0 Å². The van der Waals surface area contributed by atoms with Gasteiger partial charge in [0, 0.05) is 0 Å². The van der Waals surface area contributed by atoms with E-state index < -0.39 is 32.9 Å². The van der Waals surface area contributed by atoms with E-state index in [0.717, 1.165) is 6.07 Å². The highest BCUT2D eigenvalue weighted by molar-refractivity contribution is 7.92. The molecule has 2 aromatic rings. The molecule has 0 saturated heterocycles. The molecule has 0 aliphatic carbocycles. The smallest absolute Gasteiger partial charge is 0.326 e. The number of fused-ring (bicyclic) bond motifs is 1. The van der Waals surface area contributed by atoms with Crippen LogP contribution in [-0.4, -0.2) is 31.3 Å². The summed E-state index contributed by atoms with van der Waals surface area (Å²) in [5.41, 5.74) is -0.0352. The normalized spacial score (nSPS) is 14.8. The molecule has 2 N–H and O–H groups in total. The second-order valence-corrected chi connectivity index (χ2v) is 7.20. The maximum atomic E-state index is 12.7. The van der Waals surface area contributed by atoms with Gasteiger partial charge in [-0.2, -0.15) is 0 Å². The average Bonchev–Trinajstić information content (AvgIpc) is 2.82. The Morgan fingerprint density at radius 3 is 2.21 bits per heavy atom. The molecule has 1 aliphatic heterocycles. The van der Waals surface area contributed by atoms with Crippen LogP contribution < -0.4 is 5.32 Å². The van der Waals surface area contributed by atoms with E-state index >= 15 is 0 Å². The second-order valence-electron chi connectivity index (χ2n) is 5.16. The van der Waals surface area contributed by atoms with Crippen LogP contribution in [0.2, 0.25) is 0 Å². The summed E-state index contributed by atoms with van der Waals surface area (Å²) < 4.78 is 25.3. The topological polar surface area (TPSA) is 118 Å². The van der Waals surface area contributed by atoms with Gasteiger partial charge >= 0.3 is 5.97 Å². The van der Waals surface area contributed by atoms with Crippen molar-refractivity contribution in [3.05, 3.63) is 65.2 Å². The lowest BCUT2D eigenvalue weighted by molar-refractivity contribution is -0.136. The van der Waals surface area contributed by atoms with Crippen molar-refractivity contribution in [2.75, 3.05) is 0 Å². The Morgan fingerprint density at radius 2 is 1.58 bits per heavy atom. The summed E-state index contributed by atoms with van der Waals surface area (Å²) in [7, 11) is -4.22. The van der Waals surface area contributed by atoms with Crippen LogP contribution in [0, 0.1) is 0 Å². The Balaban J connectivity index is 2.15. The van der Waals surface area contributed by atoms with Gasteiger partial charge < -0.3 is 5.11 Å². The van der Waals surface area contributed by atoms with Crippen LogP contribution in [0.4, 0.5) is 0 Å². The lowest BCUT2D eigenvalue weighted by Gasteiger charge is -2.14. The monoisotopic (exact) mass is 345 g/mol. The summed E-state index contributed by atoms with van der Waals surface area (Å²) in [5.74, 6) is -2.85. The number of amides is 2. The lowest BCUT2D eigenvalue weighted by atomic mass is 10.0. The Labute approximate surface area is 136 Å². The highest BCUT2D eigenvalue weighted by Crippen LogP contribution is 2.31. The van der Waals surface area contributed by atoms with Crippen molar-refractivity contribution in [1.29, 1.82) is 0 Å². The summed E-state index contributed by atoms with van der Waals surface area (Å²) in [6.45, 7) is 0. The molecule has 2 amide bonds. The number of carbonyl (C=O) groups is 3. The van der Waals surface area contributed by atoms with Gasteiger partial charge in [0.25, 0.3) is 11.8 Å². The van der Waals surface area contributed by atoms with E-state index in [4.69, 9.17) is 0 Å². The molecule has 2 aromatic carbocycles. The van der Waals surface area contributed by atoms with E-state index in [9.17, 15) is 27.9 Å². The largest absolute Gasteiger partial charge is 0.480 e. The number of hydrogen-bond acceptors (Lipinski definition) is 5. The maximum absolute atomic E-state index is 12.7. The van der Waals surface area contributed by atoms with Gasteiger partial charge in [0.2, 0.25) is 0 Å². The molecule has 122 valence electrons. The lowest BCUT2D eigenvalue weighted by Crippen LogP contribution is -2.22. The number of carboxylic acids is 1. The SMILES string of the molecule is O=C1NC(=O)c2cc(C(C(=O)O)S(=O)(=O)c3ccccc3)ccc21. The predicted molar refractivity (Wildman–Crippen MR) is 82.2 cm³/mol. The number of benzene rings is 2. The average molecular weight is 345 g/mol. The summed E-state index contributed by atoms with van der Waals surface area (Å²) in [6.07, 6.45) is 0. The Kier molecular flexibility index (Phi) is 3.69. The van der Waals surface area contributed by atoms with E-state index in [1.54, 1.807) is 6.07 Å². The first-order chi connectivity index (χ1) is 11.3. The van der Waals surface area contributed by atoms with Crippen molar-refractivity contribution in [2.24, 2.45) is 0 Å². The number of carbonyl (C=O) groups excluding carboxylic acids is 2. The molecule has 8 heteroatoms. The molecule has 1 unspecified atom stereocenters. The first kappa shape index (κ1) is 15.9. The first-order valence-corrected chi connectivity index (χ1v) is 8.38. The van der Waals surface area contributed by atoms with Gasteiger partial charge in [-0.1, -0.05) is 24.3 Å². The van der Waals surface area contributed by atoms with Gasteiger partial charge in [0.1, 0.15) is 0 Å². The second kappa shape index (κ2) is 5.57. The molecule has 0 radical (unpaired) electrons. The fourth-order valence-corrected chi connectivity index (χ4v) is 4.13. The van der Waals surface area contributed by atoms with Crippen molar-refractivity contribution in [3.63, 3.8) is 0 Å². The van der Waals surface area contributed by atoms with Gasteiger partial charge in [0.15, 0.2) is 15.1 Å². The van der Waals surface area contributed by atoms with Crippen LogP contribution in [0.5, 0.6) is 0 Å². The minimum absolute atomic E-state index is 0.0352. The summed E-state index contributed by atoms with van der Waals surface area (Å²) in [4.78, 5) is 34.7. The number of hydrogen-bond donors (Lipinski definition) is 2. The van der Waals surface area contributed by atoms with E-state index in [2.05, 4.69) is 5.32 Å². The number of aliphatic carboxylic acids is 1. The van der Waals surface area contributed by atoms with E-state index in [-0.39, 0.29) is 21.6 Å². The Bertz CT molecular complexity index is 965. The third-order valence-corrected chi connectivity index (χ3v) is 5.69. The predicted octanol–water partition coefficient (Wildman–Crippen LogP) is 1.17. The van der Waals surface area contributed by atoms with Crippen LogP contribution in [-0.2, 0) is 14.6 Å². The van der Waals surface area contributed by atoms with Crippen molar-refractivity contribution < 1.29 is 27.9 Å². The summed E-state index contributed by atoms with van der Waals surface area (Å²) in [6, 6.07) is 10.8. The van der Waals surface area contributed by atoms with Crippen LogP contribution in [0.3, 0.4) is 0 Å². The summed E-state index contributed by atoms with van der Waals surface area (Å²) in [5, 5.41) is 9.64. The zero-order valence-corrected chi connectivity index (χ0v) is 12.9. The molecule has 1 atom stereocenters. The zero-order chi connectivity index (χ0) is 17.5. The van der Waals surface area contributed by atoms with E-state index in [1.807, 2.05) is 0 Å². The fourth-order valence-electron chi connectivity index (χ4n) is 2.55. The molecule has 0 fully saturated rings. The molecule has 0 saturated carbocycles. The molecular formula is C16H11NO6S. The van der Waals surface area contributed by atoms with E-state index in [0.29, 0.717) is 0 Å². The minimum atomic E-state index is -4.22. The van der Waals surface area contributed by atoms with Crippen molar-refractivity contribution in [2.45, 2.75) is 10.1 Å². The molecular weight excluding hydrogens is 334 g/mol. The highest BCUT2D eigenvalue weighted by atomic mass is 32.2. The van der Waals surface area contributed by atoms with Gasteiger partial charge in [0.05, 0.1) is 16.0 Å². The minimum Gasteiger partial charge on any atom is -0.480 e. The van der Waals surface area contributed by atoms with Gasteiger partial charge in [-0.25, -0.2) is 8.42 Å². The molecule has 7 nitrogen and oxygen atoms in total. The van der Waals surface area contributed by atoms with Crippen molar-refractivity contribution >= 4 is 27.6 Å². The Hall–Kier alpha value is -3.00. The van der Waals surface area contributed by atoms with Gasteiger partial charge in [-0.15, -0.1) is 0 Å². The molecule has 0 bridgehead atoms. The third kappa shape index (κ3) is 2.46. The number of carboxylic acid groups (broad SMARTS) is 1. The summed E-state index contributed by atoms with van der Waals surface area (Å²) >= 11 is 0. The number of nitrogens with one attached hydrogen (secondary N) is 1. The van der Waals surface area contributed by atoms with Gasteiger partial charge in [-0.3, -0.25) is 19.7 Å². The first-order valence-electron chi connectivity index (χ1n) is 6.84. The zero-order valence-electron chi connectivity index (χ0n) is 12.1. The number of sulfone groups is 1. The quantitative estimate of drug-likeness (QED) is 0.803. The fraction of sp³-hybridized carbons (Fsp3) is 0.0625. The Morgan fingerprint density at radius 1 is 0.958 bits per heavy atom. The van der Waals surface area contributed by atoms with Crippen molar-refractivity contribution in [1.82, 2.24) is 5.32 Å². The molecule has 1 aliphatic rings. The standard InChI is InChI=1S/C16H11NO6S/c18-14-11-7-6-9(8-12(11)15(19)17-14)13(16(20)21)24(22,23)10-4-2-1-3-5-10/h1-8,13H,(H,20,21)(H,17,18,19). The number of imide groups is 1.